The molecule has 0 unspecified atom stereocenters. The molecule has 116 valence electrons. The summed E-state index contributed by atoms with van der Waals surface area (Å²) >= 11 is 0. The van der Waals surface area contributed by atoms with Gasteiger partial charge in [0, 0.05) is 11.6 Å². The van der Waals surface area contributed by atoms with E-state index in [0.29, 0.717) is 5.92 Å². The molecule has 0 saturated heterocycles. The highest BCUT2D eigenvalue weighted by Gasteiger charge is 2.24. The number of anilines is 1. The number of carbonyl (C=O) groups excluding carboxylic acids is 1. The first-order valence-corrected chi connectivity index (χ1v) is 8.44. The molecule has 1 fully saturated rings. The molecule has 0 atom stereocenters. The Labute approximate surface area is 123 Å². The first-order valence-electron chi connectivity index (χ1n) is 6.90. The van der Waals surface area contributed by atoms with Gasteiger partial charge < -0.3 is 5.32 Å². The smallest absolute Gasteiger partial charge is 0.238 e. The van der Waals surface area contributed by atoms with Gasteiger partial charge in [0.1, 0.15) is 5.82 Å². The summed E-state index contributed by atoms with van der Waals surface area (Å²) in [4.78, 5) is 11.8. The monoisotopic (exact) mass is 314 g/mol. The number of hydrogen-bond acceptors (Lipinski definition) is 3. The van der Waals surface area contributed by atoms with E-state index in [9.17, 15) is 17.6 Å². The van der Waals surface area contributed by atoms with Crippen molar-refractivity contribution in [2.45, 2.75) is 37.5 Å². The molecule has 0 bridgehead atoms. The summed E-state index contributed by atoms with van der Waals surface area (Å²) < 4.78 is 35.9. The summed E-state index contributed by atoms with van der Waals surface area (Å²) in [6, 6.07) is 3.08. The van der Waals surface area contributed by atoms with Crippen molar-refractivity contribution in [2.24, 2.45) is 17.0 Å². The Morgan fingerprint density at radius 3 is 2.43 bits per heavy atom. The van der Waals surface area contributed by atoms with Gasteiger partial charge in [0.25, 0.3) is 0 Å². The van der Waals surface area contributed by atoms with E-state index in [0.717, 1.165) is 37.8 Å². The summed E-state index contributed by atoms with van der Waals surface area (Å²) in [5, 5.41) is 7.56. The first-order chi connectivity index (χ1) is 9.75. The number of halogens is 1. The number of nitrogens with two attached hydrogens (primary N) is 1. The van der Waals surface area contributed by atoms with Crippen molar-refractivity contribution in [1.29, 1.82) is 0 Å². The van der Waals surface area contributed by atoms with Crippen LogP contribution in [0.1, 0.15) is 32.6 Å². The van der Waals surface area contributed by atoms with E-state index < -0.39 is 15.8 Å². The third-order valence-corrected chi connectivity index (χ3v) is 4.75. The molecule has 1 saturated carbocycles. The van der Waals surface area contributed by atoms with Crippen LogP contribution in [0.2, 0.25) is 0 Å². The van der Waals surface area contributed by atoms with Crippen molar-refractivity contribution in [2.75, 3.05) is 5.32 Å². The summed E-state index contributed by atoms with van der Waals surface area (Å²) in [5.41, 5.74) is 0.114. The zero-order valence-corrected chi connectivity index (χ0v) is 12.6. The van der Waals surface area contributed by atoms with Crippen molar-refractivity contribution in [3.05, 3.63) is 24.0 Å². The Kier molecular flexibility index (Phi) is 4.63. The number of nitrogens with one attached hydrogen (secondary N) is 1. The fraction of sp³-hybridized carbons (Fsp3) is 0.500. The lowest BCUT2D eigenvalue weighted by Crippen LogP contribution is -2.26. The number of hydrogen-bond donors (Lipinski definition) is 2. The molecule has 0 aromatic heterocycles. The SMILES string of the molecule is CC1CCC(C(=O)Nc2cc(F)cc(S(N)(=O)=O)c2)CC1. The topological polar surface area (TPSA) is 89.3 Å². The van der Waals surface area contributed by atoms with Crippen LogP contribution in [-0.4, -0.2) is 14.3 Å². The predicted octanol–water partition coefficient (Wildman–Crippen LogP) is 2.24. The van der Waals surface area contributed by atoms with Gasteiger partial charge in [0.2, 0.25) is 15.9 Å². The Morgan fingerprint density at radius 2 is 1.86 bits per heavy atom. The van der Waals surface area contributed by atoms with Crippen LogP contribution in [0, 0.1) is 17.7 Å². The summed E-state index contributed by atoms with van der Waals surface area (Å²) in [7, 11) is -4.01. The second-order valence-electron chi connectivity index (χ2n) is 5.67. The lowest BCUT2D eigenvalue weighted by atomic mass is 9.82. The van der Waals surface area contributed by atoms with E-state index >= 15 is 0 Å². The van der Waals surface area contributed by atoms with Gasteiger partial charge in [-0.1, -0.05) is 6.92 Å². The highest BCUT2D eigenvalue weighted by Crippen LogP contribution is 2.29. The van der Waals surface area contributed by atoms with Gasteiger partial charge in [0.15, 0.2) is 0 Å². The zero-order valence-electron chi connectivity index (χ0n) is 11.8. The van der Waals surface area contributed by atoms with E-state index in [-0.39, 0.29) is 22.4 Å². The molecule has 5 nitrogen and oxygen atoms in total. The molecule has 0 aliphatic heterocycles. The van der Waals surface area contributed by atoms with Crippen LogP contribution in [0.15, 0.2) is 23.1 Å². The zero-order chi connectivity index (χ0) is 15.6. The molecule has 21 heavy (non-hydrogen) atoms. The van der Waals surface area contributed by atoms with Crippen molar-refractivity contribution >= 4 is 21.6 Å². The number of amides is 1. The Hall–Kier alpha value is -1.47. The van der Waals surface area contributed by atoms with Crippen LogP contribution in [-0.2, 0) is 14.8 Å². The van der Waals surface area contributed by atoms with Gasteiger partial charge in [-0.05, 0) is 49.8 Å². The minimum absolute atomic E-state index is 0.109. The molecule has 2 rings (SSSR count). The minimum atomic E-state index is -4.01. The molecule has 0 radical (unpaired) electrons. The number of benzene rings is 1. The van der Waals surface area contributed by atoms with E-state index in [2.05, 4.69) is 12.2 Å². The molecule has 7 heteroatoms. The predicted molar refractivity (Wildman–Crippen MR) is 77.5 cm³/mol. The maximum absolute atomic E-state index is 13.4. The first kappa shape index (κ1) is 15.9. The molecule has 1 aromatic rings. The molecule has 0 spiro atoms. The third-order valence-electron chi connectivity index (χ3n) is 3.85. The fourth-order valence-electron chi connectivity index (χ4n) is 2.57. The van der Waals surface area contributed by atoms with Gasteiger partial charge >= 0.3 is 0 Å². The van der Waals surface area contributed by atoms with Crippen molar-refractivity contribution in [3.63, 3.8) is 0 Å². The largest absolute Gasteiger partial charge is 0.326 e. The minimum Gasteiger partial charge on any atom is -0.326 e. The lowest BCUT2D eigenvalue weighted by Gasteiger charge is -2.25. The second kappa shape index (κ2) is 6.11. The normalized spacial score (nSPS) is 22.8. The average Bonchev–Trinajstić information content (AvgIpc) is 2.37. The van der Waals surface area contributed by atoms with E-state index in [4.69, 9.17) is 5.14 Å². The van der Waals surface area contributed by atoms with Gasteiger partial charge in [0.05, 0.1) is 4.90 Å². The van der Waals surface area contributed by atoms with Crippen LogP contribution >= 0.6 is 0 Å². The van der Waals surface area contributed by atoms with E-state index in [1.165, 1.54) is 6.07 Å². The van der Waals surface area contributed by atoms with Crippen LogP contribution in [0.5, 0.6) is 0 Å². The van der Waals surface area contributed by atoms with Crippen LogP contribution < -0.4 is 10.5 Å². The molecule has 3 N–H and O–H groups in total. The molecule has 0 heterocycles. The summed E-state index contributed by atoms with van der Waals surface area (Å²) in [6.07, 6.45) is 3.57. The molecule has 1 aliphatic rings. The highest BCUT2D eigenvalue weighted by atomic mass is 32.2. The van der Waals surface area contributed by atoms with Gasteiger partial charge in [-0.15, -0.1) is 0 Å². The van der Waals surface area contributed by atoms with E-state index in [1.807, 2.05) is 0 Å². The fourth-order valence-corrected chi connectivity index (χ4v) is 3.13. The Morgan fingerprint density at radius 1 is 1.24 bits per heavy atom. The Bertz CT molecular complexity index is 638. The second-order valence-corrected chi connectivity index (χ2v) is 7.23. The maximum Gasteiger partial charge on any atom is 0.238 e. The quantitative estimate of drug-likeness (QED) is 0.896. The number of primary sulfonamides is 1. The Balaban J connectivity index is 2.12. The molecule has 1 amide bonds. The highest BCUT2D eigenvalue weighted by molar-refractivity contribution is 7.89. The van der Waals surface area contributed by atoms with Crippen LogP contribution in [0.3, 0.4) is 0 Å². The summed E-state index contributed by atoms with van der Waals surface area (Å²) in [5.74, 6) is -0.443. The van der Waals surface area contributed by atoms with Crippen LogP contribution in [0.25, 0.3) is 0 Å². The molecular formula is C14H19FN2O3S. The van der Waals surface area contributed by atoms with Crippen molar-refractivity contribution in [3.8, 4) is 0 Å². The average molecular weight is 314 g/mol. The maximum atomic E-state index is 13.4. The third kappa shape index (κ3) is 4.25. The van der Waals surface area contributed by atoms with Crippen LogP contribution in [0.4, 0.5) is 10.1 Å². The van der Waals surface area contributed by atoms with Crippen molar-refractivity contribution in [1.82, 2.24) is 0 Å². The van der Waals surface area contributed by atoms with Gasteiger partial charge in [-0.2, -0.15) is 0 Å². The standard InChI is InChI=1S/C14H19FN2O3S/c1-9-2-4-10(5-3-9)14(18)17-12-6-11(15)7-13(8-12)21(16,19)20/h6-10H,2-5H2,1H3,(H,17,18)(H2,16,19,20). The lowest BCUT2D eigenvalue weighted by molar-refractivity contribution is -0.121. The van der Waals surface area contributed by atoms with Crippen molar-refractivity contribution < 1.29 is 17.6 Å². The number of carbonyl (C=O) groups is 1. The summed E-state index contributed by atoms with van der Waals surface area (Å²) in [6.45, 7) is 2.15. The molecule has 1 aliphatic carbocycles. The van der Waals surface area contributed by atoms with E-state index in [1.54, 1.807) is 0 Å². The van der Waals surface area contributed by atoms with Gasteiger partial charge in [-0.25, -0.2) is 17.9 Å². The molecular weight excluding hydrogens is 295 g/mol. The van der Waals surface area contributed by atoms with Gasteiger partial charge in [-0.3, -0.25) is 4.79 Å². The number of rotatable bonds is 3. The molecule has 1 aromatic carbocycles. The number of sulfonamides is 1.